The van der Waals surface area contributed by atoms with Crippen LogP contribution in [0, 0.1) is 5.82 Å². The number of alkyl halides is 1. The first-order valence-electron chi connectivity index (χ1n) is 5.87. The highest BCUT2D eigenvalue weighted by Gasteiger charge is 2.41. The Labute approximate surface area is 104 Å². The Morgan fingerprint density at radius 3 is 2.88 bits per heavy atom. The summed E-state index contributed by atoms with van der Waals surface area (Å²) >= 11 is 5.81. The molecular weight excluding hydrogens is 239 g/mol. The van der Waals surface area contributed by atoms with Crippen LogP contribution in [-0.4, -0.2) is 15.4 Å². The maximum absolute atomic E-state index is 13.2. The predicted molar refractivity (Wildman–Crippen MR) is 67.0 cm³/mol. The molecule has 0 atom stereocenters. The number of benzene rings is 1. The fourth-order valence-corrected chi connectivity index (χ4v) is 2.53. The molecule has 0 N–H and O–H groups in total. The topological polar surface area (TPSA) is 17.8 Å². The molecule has 0 unspecified atom stereocenters. The molecule has 1 heterocycles. The lowest BCUT2D eigenvalue weighted by Gasteiger charge is -2.15. The van der Waals surface area contributed by atoms with Gasteiger partial charge in [0.25, 0.3) is 0 Å². The van der Waals surface area contributed by atoms with Gasteiger partial charge in [-0.05, 0) is 31.9 Å². The Morgan fingerprint density at radius 1 is 1.47 bits per heavy atom. The van der Waals surface area contributed by atoms with Gasteiger partial charge in [0.1, 0.15) is 11.6 Å². The molecule has 1 fully saturated rings. The molecule has 2 nitrogen and oxygen atoms in total. The van der Waals surface area contributed by atoms with Crippen LogP contribution in [0.25, 0.3) is 11.0 Å². The van der Waals surface area contributed by atoms with Crippen molar-refractivity contribution in [2.24, 2.45) is 0 Å². The number of fused-ring (bicyclic) bond motifs is 1. The van der Waals surface area contributed by atoms with E-state index in [9.17, 15) is 4.39 Å². The third-order valence-electron chi connectivity index (χ3n) is 3.52. The van der Waals surface area contributed by atoms with Crippen molar-refractivity contribution in [1.82, 2.24) is 9.55 Å². The normalized spacial score (nSPS) is 17.6. The summed E-state index contributed by atoms with van der Waals surface area (Å²) in [5, 5.41) is 0. The Hall–Kier alpha value is -1.09. The average molecular weight is 253 g/mol. The van der Waals surface area contributed by atoms with Crippen molar-refractivity contribution in [2.75, 3.05) is 5.88 Å². The van der Waals surface area contributed by atoms with Gasteiger partial charge in [-0.15, -0.1) is 11.6 Å². The summed E-state index contributed by atoms with van der Waals surface area (Å²) < 4.78 is 15.4. The third kappa shape index (κ3) is 1.73. The summed E-state index contributed by atoms with van der Waals surface area (Å²) in [5.74, 6) is 1.28. The number of aromatic nitrogens is 2. The van der Waals surface area contributed by atoms with E-state index in [4.69, 9.17) is 11.6 Å². The van der Waals surface area contributed by atoms with Crippen molar-refractivity contribution in [3.8, 4) is 0 Å². The van der Waals surface area contributed by atoms with Crippen LogP contribution in [0.3, 0.4) is 0 Å². The van der Waals surface area contributed by atoms with Gasteiger partial charge >= 0.3 is 0 Å². The number of imidazole rings is 1. The highest BCUT2D eigenvalue weighted by atomic mass is 35.5. The smallest absolute Gasteiger partial charge is 0.125 e. The highest BCUT2D eigenvalue weighted by Crippen LogP contribution is 2.45. The molecule has 0 bridgehead atoms. The Kier molecular flexibility index (Phi) is 2.40. The maximum atomic E-state index is 13.2. The maximum Gasteiger partial charge on any atom is 0.125 e. The molecule has 0 amide bonds. The minimum absolute atomic E-state index is 0.161. The van der Waals surface area contributed by atoms with Gasteiger partial charge in [0.15, 0.2) is 0 Å². The summed E-state index contributed by atoms with van der Waals surface area (Å²) in [6, 6.07) is 4.81. The van der Waals surface area contributed by atoms with Crippen LogP contribution in [0.2, 0.25) is 0 Å². The van der Waals surface area contributed by atoms with Crippen LogP contribution in [0.1, 0.15) is 25.6 Å². The number of hydrogen-bond donors (Lipinski definition) is 0. The first-order chi connectivity index (χ1) is 8.14. The second-order valence-corrected chi connectivity index (χ2v) is 5.31. The second-order valence-electron chi connectivity index (χ2n) is 4.93. The number of nitrogens with zero attached hydrogens (tertiary/aromatic N) is 2. The molecule has 1 saturated carbocycles. The molecule has 4 heteroatoms. The zero-order chi connectivity index (χ0) is 12.0. The van der Waals surface area contributed by atoms with Gasteiger partial charge in [-0.3, -0.25) is 0 Å². The first-order valence-corrected chi connectivity index (χ1v) is 6.41. The van der Waals surface area contributed by atoms with E-state index in [0.29, 0.717) is 5.88 Å². The summed E-state index contributed by atoms with van der Waals surface area (Å²) in [6.45, 7) is 2.22. The number of aryl methyl sites for hydroxylation is 1. The van der Waals surface area contributed by atoms with Gasteiger partial charge in [-0.2, -0.15) is 0 Å². The Morgan fingerprint density at radius 2 is 2.24 bits per heavy atom. The van der Waals surface area contributed by atoms with Gasteiger partial charge in [0.2, 0.25) is 0 Å². The van der Waals surface area contributed by atoms with E-state index in [0.717, 1.165) is 36.1 Å². The summed E-state index contributed by atoms with van der Waals surface area (Å²) in [4.78, 5) is 4.51. The lowest BCUT2D eigenvalue weighted by Crippen LogP contribution is -2.16. The largest absolute Gasteiger partial charge is 0.322 e. The van der Waals surface area contributed by atoms with E-state index in [2.05, 4.69) is 16.5 Å². The second kappa shape index (κ2) is 3.70. The van der Waals surface area contributed by atoms with E-state index in [1.165, 1.54) is 12.1 Å². The quantitative estimate of drug-likeness (QED) is 0.765. The zero-order valence-electron chi connectivity index (χ0n) is 9.71. The molecule has 0 aliphatic heterocycles. The minimum atomic E-state index is -0.236. The first kappa shape index (κ1) is 11.0. The fraction of sp³-hybridized carbons (Fsp3) is 0.462. The van der Waals surface area contributed by atoms with Crippen molar-refractivity contribution in [2.45, 2.75) is 31.7 Å². The average Bonchev–Trinajstić information content (AvgIpc) is 2.90. The van der Waals surface area contributed by atoms with Gasteiger partial charge in [-0.25, -0.2) is 9.37 Å². The third-order valence-corrected chi connectivity index (χ3v) is 3.71. The molecule has 90 valence electrons. The predicted octanol–water partition coefficient (Wildman–Crippen LogP) is 3.47. The molecule has 0 spiro atoms. The number of rotatable bonds is 3. The highest BCUT2D eigenvalue weighted by molar-refractivity contribution is 6.17. The van der Waals surface area contributed by atoms with E-state index in [1.54, 1.807) is 0 Å². The van der Waals surface area contributed by atoms with Crippen LogP contribution in [-0.2, 0) is 12.0 Å². The minimum Gasteiger partial charge on any atom is -0.322 e. The molecule has 1 aromatic carbocycles. The molecule has 2 aromatic rings. The van der Waals surface area contributed by atoms with Gasteiger partial charge in [0.05, 0.1) is 11.0 Å². The standard InChI is InChI=1S/C13H14ClFN2/c1-13(5-6-13)17-11-3-2-9(15)8-10(11)16-12(17)4-7-14/h2-3,8H,4-7H2,1H3. The summed E-state index contributed by atoms with van der Waals surface area (Å²) in [5.41, 5.74) is 1.92. The van der Waals surface area contributed by atoms with Crippen molar-refractivity contribution in [1.29, 1.82) is 0 Å². The summed E-state index contributed by atoms with van der Waals surface area (Å²) in [7, 11) is 0. The monoisotopic (exact) mass is 252 g/mol. The van der Waals surface area contributed by atoms with Gasteiger partial charge in [0, 0.05) is 23.9 Å². The van der Waals surface area contributed by atoms with Crippen molar-refractivity contribution >= 4 is 22.6 Å². The zero-order valence-corrected chi connectivity index (χ0v) is 10.5. The van der Waals surface area contributed by atoms with Crippen LogP contribution in [0.4, 0.5) is 4.39 Å². The van der Waals surface area contributed by atoms with Crippen molar-refractivity contribution in [3.63, 3.8) is 0 Å². The van der Waals surface area contributed by atoms with Crippen LogP contribution in [0.5, 0.6) is 0 Å². The van der Waals surface area contributed by atoms with E-state index < -0.39 is 0 Å². The SMILES string of the molecule is CC1(n2c(CCCl)nc3cc(F)ccc32)CC1. The van der Waals surface area contributed by atoms with E-state index in [-0.39, 0.29) is 11.4 Å². The van der Waals surface area contributed by atoms with Crippen molar-refractivity contribution < 1.29 is 4.39 Å². The van der Waals surface area contributed by atoms with Crippen LogP contribution in [0.15, 0.2) is 18.2 Å². The lowest BCUT2D eigenvalue weighted by atomic mass is 10.2. The van der Waals surface area contributed by atoms with Gasteiger partial charge < -0.3 is 4.57 Å². The van der Waals surface area contributed by atoms with E-state index >= 15 is 0 Å². The molecule has 1 aliphatic rings. The molecule has 17 heavy (non-hydrogen) atoms. The Balaban J connectivity index is 2.24. The molecule has 0 radical (unpaired) electrons. The Bertz CT molecular complexity index is 572. The fourth-order valence-electron chi connectivity index (χ4n) is 2.36. The van der Waals surface area contributed by atoms with Crippen LogP contribution < -0.4 is 0 Å². The number of halogens is 2. The number of hydrogen-bond acceptors (Lipinski definition) is 1. The van der Waals surface area contributed by atoms with Crippen molar-refractivity contribution in [3.05, 3.63) is 29.8 Å². The molecular formula is C13H14ClFN2. The lowest BCUT2D eigenvalue weighted by molar-refractivity contribution is 0.525. The van der Waals surface area contributed by atoms with Crippen LogP contribution >= 0.6 is 11.6 Å². The molecule has 3 rings (SSSR count). The van der Waals surface area contributed by atoms with Gasteiger partial charge in [-0.1, -0.05) is 0 Å². The molecule has 1 aliphatic carbocycles. The molecule has 1 aromatic heterocycles. The van der Waals surface area contributed by atoms with E-state index in [1.807, 2.05) is 6.07 Å². The summed E-state index contributed by atoms with van der Waals surface area (Å²) in [6.07, 6.45) is 3.05. The molecule has 0 saturated heterocycles.